The molecule has 11 heteroatoms. The highest BCUT2D eigenvalue weighted by molar-refractivity contribution is 6.03. The Morgan fingerprint density at radius 2 is 2.13 bits per heavy atom. The number of aryl methyl sites for hydroxylation is 1. The maximum atomic E-state index is 13.3. The van der Waals surface area contributed by atoms with E-state index in [-0.39, 0.29) is 18.1 Å². The van der Waals surface area contributed by atoms with Crippen molar-refractivity contribution in [1.82, 2.24) is 9.97 Å². The minimum atomic E-state index is -4.70. The van der Waals surface area contributed by atoms with E-state index in [4.69, 9.17) is 15.7 Å². The second kappa shape index (κ2) is 6.75. The lowest BCUT2D eigenvalue weighted by Gasteiger charge is -2.46. The lowest BCUT2D eigenvalue weighted by molar-refractivity contribution is -0.251. The molecule has 0 fully saturated rings. The van der Waals surface area contributed by atoms with E-state index in [1.165, 1.54) is 12.3 Å². The number of aromatic nitrogens is 2. The molecule has 2 aliphatic rings. The predicted molar refractivity (Wildman–Crippen MR) is 103 cm³/mol. The Morgan fingerprint density at radius 3 is 2.74 bits per heavy atom. The highest BCUT2D eigenvalue weighted by atomic mass is 19.4. The molecule has 160 valence electrons. The van der Waals surface area contributed by atoms with Gasteiger partial charge in [-0.1, -0.05) is 6.07 Å². The van der Waals surface area contributed by atoms with Crippen LogP contribution in [-0.2, 0) is 16.7 Å². The van der Waals surface area contributed by atoms with Gasteiger partial charge in [0.1, 0.15) is 29.0 Å². The first kappa shape index (κ1) is 20.7. The maximum absolute atomic E-state index is 13.3. The molecule has 0 bridgehead atoms. The van der Waals surface area contributed by atoms with Crippen LogP contribution in [0.5, 0.6) is 0 Å². The number of ether oxygens (including phenoxy) is 1. The van der Waals surface area contributed by atoms with Crippen molar-refractivity contribution in [2.24, 2.45) is 10.7 Å². The lowest BCUT2D eigenvalue weighted by Crippen LogP contribution is -2.62. The zero-order valence-corrected chi connectivity index (χ0v) is 16.5. The van der Waals surface area contributed by atoms with E-state index in [9.17, 15) is 18.0 Å². The van der Waals surface area contributed by atoms with E-state index in [0.717, 1.165) is 12.5 Å². The van der Waals surface area contributed by atoms with E-state index in [1.54, 1.807) is 19.1 Å². The van der Waals surface area contributed by atoms with Crippen molar-refractivity contribution in [3.05, 3.63) is 52.5 Å². The molecule has 4 rings (SSSR count). The molecule has 0 unspecified atom stereocenters. The van der Waals surface area contributed by atoms with Crippen molar-refractivity contribution in [2.45, 2.75) is 37.6 Å². The van der Waals surface area contributed by atoms with Gasteiger partial charge in [-0.3, -0.25) is 9.79 Å². The summed E-state index contributed by atoms with van der Waals surface area (Å²) in [6.07, 6.45) is -3.09. The molecule has 0 saturated carbocycles. The van der Waals surface area contributed by atoms with E-state index in [0.29, 0.717) is 23.2 Å². The fourth-order valence-electron chi connectivity index (χ4n) is 3.59. The molecule has 31 heavy (non-hydrogen) atoms. The monoisotopic (exact) mass is 430 g/mol. The highest BCUT2D eigenvalue weighted by Crippen LogP contribution is 2.47. The van der Waals surface area contributed by atoms with Gasteiger partial charge in [0.05, 0.1) is 17.9 Å². The number of alkyl halides is 3. The summed E-state index contributed by atoms with van der Waals surface area (Å²) in [6.45, 7) is 2.16. The second-order valence-corrected chi connectivity index (χ2v) is 7.68. The zero-order valence-electron chi connectivity index (χ0n) is 16.5. The third-order valence-corrected chi connectivity index (χ3v) is 5.53. The smallest absolute Gasteiger partial charge is 0.385 e. The SMILES string of the molecule is Cc1cc(C#N)cnc1C(=O)Nc1ccc2c(n1)[C@]1(CO[C@@](C)(C(F)(F)F)C(N)=N1)C2. The number of pyridine rings is 2. The minimum absolute atomic E-state index is 0.127. The van der Waals surface area contributed by atoms with Crippen LogP contribution in [0, 0.1) is 18.3 Å². The third-order valence-electron chi connectivity index (χ3n) is 5.53. The van der Waals surface area contributed by atoms with Crippen molar-refractivity contribution in [3.8, 4) is 6.07 Å². The van der Waals surface area contributed by atoms with Crippen molar-refractivity contribution < 1.29 is 22.7 Å². The van der Waals surface area contributed by atoms with Crippen LogP contribution in [0.2, 0.25) is 0 Å². The van der Waals surface area contributed by atoms with E-state index < -0.39 is 29.1 Å². The number of nitrogens with zero attached hydrogens (tertiary/aromatic N) is 4. The molecular formula is C20H17F3N6O2. The van der Waals surface area contributed by atoms with Crippen LogP contribution in [0.25, 0.3) is 0 Å². The molecule has 2 atom stereocenters. The number of carbonyl (C=O) groups is 1. The predicted octanol–water partition coefficient (Wildman–Crippen LogP) is 2.37. The van der Waals surface area contributed by atoms with Gasteiger partial charge in [-0.05, 0) is 37.1 Å². The normalized spacial score (nSPS) is 24.6. The number of nitrogens with two attached hydrogens (primary N) is 1. The van der Waals surface area contributed by atoms with Crippen LogP contribution in [0.3, 0.4) is 0 Å². The summed E-state index contributed by atoms with van der Waals surface area (Å²) in [4.78, 5) is 25.1. The molecular weight excluding hydrogens is 413 g/mol. The highest BCUT2D eigenvalue weighted by Gasteiger charge is 2.61. The number of halogens is 3. The number of amidine groups is 1. The van der Waals surface area contributed by atoms with E-state index in [1.807, 2.05) is 6.07 Å². The van der Waals surface area contributed by atoms with Gasteiger partial charge in [0, 0.05) is 12.6 Å². The first-order valence-corrected chi connectivity index (χ1v) is 9.24. The molecule has 1 amide bonds. The molecule has 0 radical (unpaired) electrons. The molecule has 1 spiro atoms. The van der Waals surface area contributed by atoms with Gasteiger partial charge in [-0.2, -0.15) is 18.4 Å². The Kier molecular flexibility index (Phi) is 4.51. The van der Waals surface area contributed by atoms with Gasteiger partial charge in [-0.25, -0.2) is 9.97 Å². The van der Waals surface area contributed by atoms with Crippen LogP contribution in [-0.4, -0.2) is 40.1 Å². The second-order valence-electron chi connectivity index (χ2n) is 7.68. The van der Waals surface area contributed by atoms with E-state index >= 15 is 0 Å². The summed E-state index contributed by atoms with van der Waals surface area (Å²) in [5, 5.41) is 11.5. The average Bonchev–Trinajstić information content (AvgIpc) is 2.70. The van der Waals surface area contributed by atoms with Crippen molar-refractivity contribution in [3.63, 3.8) is 0 Å². The molecule has 1 aliphatic heterocycles. The average molecular weight is 430 g/mol. The Balaban J connectivity index is 1.60. The van der Waals surface area contributed by atoms with Gasteiger partial charge in [0.25, 0.3) is 5.91 Å². The van der Waals surface area contributed by atoms with E-state index in [2.05, 4.69) is 20.3 Å². The zero-order chi connectivity index (χ0) is 22.6. The third kappa shape index (κ3) is 3.19. The van der Waals surface area contributed by atoms with Gasteiger partial charge < -0.3 is 15.8 Å². The fraction of sp³-hybridized carbons (Fsp3) is 0.350. The summed E-state index contributed by atoms with van der Waals surface area (Å²) in [5.74, 6) is -1.01. The molecule has 0 saturated heterocycles. The largest absolute Gasteiger partial charge is 0.424 e. The number of fused-ring (bicyclic) bond motifs is 2. The lowest BCUT2D eigenvalue weighted by atomic mass is 9.74. The molecule has 3 N–H and O–H groups in total. The van der Waals surface area contributed by atoms with Crippen LogP contribution in [0.4, 0.5) is 19.0 Å². The van der Waals surface area contributed by atoms with Crippen molar-refractivity contribution >= 4 is 17.6 Å². The molecule has 3 heterocycles. The first-order valence-electron chi connectivity index (χ1n) is 9.24. The van der Waals surface area contributed by atoms with Crippen molar-refractivity contribution in [2.75, 3.05) is 11.9 Å². The first-order chi connectivity index (χ1) is 14.5. The number of nitrogens with one attached hydrogen (secondary N) is 1. The van der Waals surface area contributed by atoms with Gasteiger partial charge in [-0.15, -0.1) is 0 Å². The van der Waals surface area contributed by atoms with Gasteiger partial charge >= 0.3 is 6.18 Å². The Morgan fingerprint density at radius 1 is 1.39 bits per heavy atom. The maximum Gasteiger partial charge on any atom is 0.424 e. The number of amides is 1. The number of rotatable bonds is 2. The van der Waals surface area contributed by atoms with Gasteiger partial charge in [0.2, 0.25) is 5.60 Å². The Bertz CT molecular complexity index is 1170. The number of carbonyl (C=O) groups excluding carboxylic acids is 1. The number of hydrogen-bond acceptors (Lipinski definition) is 7. The summed E-state index contributed by atoms with van der Waals surface area (Å²) in [7, 11) is 0. The molecule has 0 aromatic carbocycles. The van der Waals surface area contributed by atoms with Crippen LogP contribution < -0.4 is 11.1 Å². The summed E-state index contributed by atoms with van der Waals surface area (Å²) in [6, 6.07) is 6.78. The number of hydrogen-bond donors (Lipinski definition) is 2. The Labute approximate surface area is 175 Å². The summed E-state index contributed by atoms with van der Waals surface area (Å²) < 4.78 is 45.1. The summed E-state index contributed by atoms with van der Waals surface area (Å²) in [5.41, 5.74) is 4.04. The number of nitriles is 1. The molecule has 2 aromatic heterocycles. The fourth-order valence-corrected chi connectivity index (χ4v) is 3.59. The summed E-state index contributed by atoms with van der Waals surface area (Å²) >= 11 is 0. The molecule has 8 nitrogen and oxygen atoms in total. The number of anilines is 1. The quantitative estimate of drug-likeness (QED) is 0.753. The Hall–Kier alpha value is -3.52. The standard InChI is InChI=1S/C20H17F3N6O2/c1-10-5-11(7-24)8-26-14(10)16(30)28-13-4-3-12-6-19(15(12)27-13)9-31-18(2,17(25)29-19)20(21,22)23/h3-5,8H,6,9H2,1-2H3,(H2,25,29)(H,27,28,30)/t18-,19-/m1/s1. The van der Waals surface area contributed by atoms with Crippen LogP contribution >= 0.6 is 0 Å². The van der Waals surface area contributed by atoms with Crippen LogP contribution in [0.15, 0.2) is 29.4 Å². The molecule has 1 aliphatic carbocycles. The van der Waals surface area contributed by atoms with Crippen LogP contribution in [0.1, 0.15) is 39.8 Å². The minimum Gasteiger partial charge on any atom is -0.385 e. The number of aliphatic imine (C=N–C) groups is 1. The van der Waals surface area contributed by atoms with Gasteiger partial charge in [0.15, 0.2) is 0 Å². The van der Waals surface area contributed by atoms with Crippen molar-refractivity contribution in [1.29, 1.82) is 5.26 Å². The molecule has 2 aromatic rings. The topological polar surface area (TPSA) is 126 Å².